The van der Waals surface area contributed by atoms with E-state index in [9.17, 15) is 0 Å². The van der Waals surface area contributed by atoms with E-state index in [0.717, 1.165) is 12.3 Å². The number of hydrogen-bond acceptors (Lipinski definition) is 1. The average Bonchev–Trinajstić information content (AvgIpc) is 2.42. The number of unbranched alkanes of at least 4 members (excludes halogenated alkanes) is 5. The second-order valence-corrected chi connectivity index (χ2v) is 5.95. The van der Waals surface area contributed by atoms with E-state index in [1.165, 1.54) is 49.8 Å². The Morgan fingerprint density at radius 3 is 2.28 bits per heavy atom. The first-order valence-electron chi connectivity index (χ1n) is 7.42. The van der Waals surface area contributed by atoms with Crippen LogP contribution < -0.4 is 4.57 Å². The SMILES string of the molecule is CCCCCCCCSC[n+]1ccc(CC)cc1. The van der Waals surface area contributed by atoms with Gasteiger partial charge in [0.2, 0.25) is 0 Å². The highest BCUT2D eigenvalue weighted by atomic mass is 32.2. The van der Waals surface area contributed by atoms with Crippen LogP contribution in [0.5, 0.6) is 0 Å². The van der Waals surface area contributed by atoms with E-state index < -0.39 is 0 Å². The normalized spacial score (nSPS) is 10.8. The van der Waals surface area contributed by atoms with Crippen LogP contribution in [0.25, 0.3) is 0 Å². The molecule has 1 heterocycles. The summed E-state index contributed by atoms with van der Waals surface area (Å²) < 4.78 is 2.28. The molecule has 0 spiro atoms. The third-order valence-electron chi connectivity index (χ3n) is 3.25. The van der Waals surface area contributed by atoms with Crippen molar-refractivity contribution in [2.75, 3.05) is 5.75 Å². The molecule has 1 nitrogen and oxygen atoms in total. The Bertz CT molecular complexity index is 294. The van der Waals surface area contributed by atoms with E-state index >= 15 is 0 Å². The van der Waals surface area contributed by atoms with Crippen molar-refractivity contribution in [2.45, 2.75) is 64.7 Å². The van der Waals surface area contributed by atoms with Gasteiger partial charge < -0.3 is 0 Å². The van der Waals surface area contributed by atoms with Crippen LogP contribution >= 0.6 is 11.8 Å². The Morgan fingerprint density at radius 1 is 0.944 bits per heavy atom. The maximum atomic E-state index is 2.28. The number of rotatable bonds is 10. The predicted octanol–water partition coefficient (Wildman–Crippen LogP) is 4.59. The minimum atomic E-state index is 1.10. The zero-order valence-electron chi connectivity index (χ0n) is 12.0. The van der Waals surface area contributed by atoms with Crippen LogP contribution in [0.2, 0.25) is 0 Å². The first kappa shape index (κ1) is 15.6. The average molecular weight is 266 g/mol. The van der Waals surface area contributed by atoms with Gasteiger partial charge >= 0.3 is 0 Å². The van der Waals surface area contributed by atoms with Crippen LogP contribution in [0.15, 0.2) is 24.5 Å². The van der Waals surface area contributed by atoms with Crippen LogP contribution in [0, 0.1) is 0 Å². The molecule has 0 unspecified atom stereocenters. The summed E-state index contributed by atoms with van der Waals surface area (Å²) in [5.74, 6) is 2.40. The van der Waals surface area contributed by atoms with E-state index in [4.69, 9.17) is 0 Å². The molecule has 2 heteroatoms. The molecule has 0 saturated heterocycles. The molecule has 0 aliphatic carbocycles. The van der Waals surface area contributed by atoms with Gasteiger partial charge in [-0.05, 0) is 24.2 Å². The molecule has 1 aromatic rings. The predicted molar refractivity (Wildman–Crippen MR) is 81.8 cm³/mol. The van der Waals surface area contributed by atoms with Crippen molar-refractivity contribution in [1.29, 1.82) is 0 Å². The molecule has 0 aliphatic heterocycles. The highest BCUT2D eigenvalue weighted by Gasteiger charge is 2.00. The molecule has 0 radical (unpaired) electrons. The van der Waals surface area contributed by atoms with Gasteiger partial charge in [0.05, 0.1) is 0 Å². The summed E-state index contributed by atoms with van der Waals surface area (Å²) in [4.78, 5) is 0. The lowest BCUT2D eigenvalue weighted by Crippen LogP contribution is -2.31. The topological polar surface area (TPSA) is 3.88 Å². The van der Waals surface area contributed by atoms with Gasteiger partial charge in [-0.25, -0.2) is 0 Å². The van der Waals surface area contributed by atoms with Gasteiger partial charge in [0.1, 0.15) is 0 Å². The lowest BCUT2D eigenvalue weighted by atomic mass is 10.1. The lowest BCUT2D eigenvalue weighted by Gasteiger charge is -2.00. The molecule has 0 N–H and O–H groups in total. The highest BCUT2D eigenvalue weighted by Crippen LogP contribution is 2.09. The maximum absolute atomic E-state index is 2.28. The number of nitrogens with zero attached hydrogens (tertiary/aromatic N) is 1. The summed E-state index contributed by atoms with van der Waals surface area (Å²) in [5.41, 5.74) is 1.42. The van der Waals surface area contributed by atoms with Gasteiger partial charge in [-0.15, -0.1) is 0 Å². The van der Waals surface area contributed by atoms with Gasteiger partial charge in [-0.1, -0.05) is 57.7 Å². The fourth-order valence-corrected chi connectivity index (χ4v) is 2.88. The standard InChI is InChI=1S/C16H28NS/c1-3-5-6-7-8-9-14-18-15-17-12-10-16(4-2)11-13-17/h10-13H,3-9,14-15H2,1-2H3/q+1. The van der Waals surface area contributed by atoms with Gasteiger partial charge in [0.25, 0.3) is 0 Å². The van der Waals surface area contributed by atoms with E-state index in [-0.39, 0.29) is 0 Å². The number of thioether (sulfide) groups is 1. The molecule has 0 saturated carbocycles. The van der Waals surface area contributed by atoms with Crippen molar-refractivity contribution >= 4 is 11.8 Å². The van der Waals surface area contributed by atoms with Gasteiger partial charge in [0, 0.05) is 12.1 Å². The Balaban J connectivity index is 2.00. The Kier molecular flexibility index (Phi) is 9.01. The highest BCUT2D eigenvalue weighted by molar-refractivity contribution is 7.98. The quantitative estimate of drug-likeness (QED) is 0.442. The van der Waals surface area contributed by atoms with Crippen molar-refractivity contribution in [3.8, 4) is 0 Å². The van der Waals surface area contributed by atoms with Gasteiger partial charge in [-0.3, -0.25) is 0 Å². The number of pyridine rings is 1. The van der Waals surface area contributed by atoms with Crippen LogP contribution in [-0.4, -0.2) is 5.75 Å². The summed E-state index contributed by atoms with van der Waals surface area (Å²) in [6.45, 7) is 4.48. The van der Waals surface area contributed by atoms with Gasteiger partial charge in [-0.2, -0.15) is 4.57 Å². The van der Waals surface area contributed by atoms with Crippen LogP contribution in [-0.2, 0) is 12.3 Å². The zero-order valence-corrected chi connectivity index (χ0v) is 12.8. The molecule has 0 bridgehead atoms. The lowest BCUT2D eigenvalue weighted by molar-refractivity contribution is -0.676. The number of hydrogen-bond donors (Lipinski definition) is 0. The van der Waals surface area contributed by atoms with Crippen molar-refractivity contribution in [2.24, 2.45) is 0 Å². The number of aryl methyl sites for hydroxylation is 1. The van der Waals surface area contributed by atoms with Gasteiger partial charge in [0.15, 0.2) is 18.3 Å². The number of aromatic nitrogens is 1. The van der Waals surface area contributed by atoms with Crippen molar-refractivity contribution in [3.63, 3.8) is 0 Å². The molecular formula is C16H28NS+. The van der Waals surface area contributed by atoms with Crippen molar-refractivity contribution < 1.29 is 4.57 Å². The maximum Gasteiger partial charge on any atom is 0.194 e. The summed E-state index contributed by atoms with van der Waals surface area (Å²) >= 11 is 2.05. The molecule has 0 aliphatic rings. The summed E-state index contributed by atoms with van der Waals surface area (Å²) in [7, 11) is 0. The molecule has 18 heavy (non-hydrogen) atoms. The summed E-state index contributed by atoms with van der Waals surface area (Å²) in [6, 6.07) is 4.45. The fourth-order valence-electron chi connectivity index (χ4n) is 1.96. The largest absolute Gasteiger partial charge is 0.195 e. The Labute approximate surface area is 117 Å². The second kappa shape index (κ2) is 10.4. The van der Waals surface area contributed by atoms with Crippen LogP contribution in [0.1, 0.15) is 57.9 Å². The second-order valence-electron chi connectivity index (χ2n) is 4.88. The van der Waals surface area contributed by atoms with Crippen LogP contribution in [0.4, 0.5) is 0 Å². The molecule has 1 rings (SSSR count). The molecular weight excluding hydrogens is 238 g/mol. The molecule has 1 aromatic heterocycles. The third kappa shape index (κ3) is 7.05. The smallest absolute Gasteiger partial charge is 0.194 e. The van der Waals surface area contributed by atoms with Crippen molar-refractivity contribution in [1.82, 2.24) is 0 Å². The van der Waals surface area contributed by atoms with Crippen molar-refractivity contribution in [3.05, 3.63) is 30.1 Å². The summed E-state index contributed by atoms with van der Waals surface area (Å²) in [5, 5.41) is 0. The molecule has 0 amide bonds. The van der Waals surface area contributed by atoms with E-state index in [2.05, 4.69) is 42.9 Å². The molecule has 0 fully saturated rings. The zero-order chi connectivity index (χ0) is 13.1. The monoisotopic (exact) mass is 266 g/mol. The third-order valence-corrected chi connectivity index (χ3v) is 4.31. The Hall–Kier alpha value is -0.500. The summed E-state index contributed by atoms with van der Waals surface area (Å²) in [6.07, 6.45) is 13.9. The first-order chi connectivity index (χ1) is 8.86. The molecule has 0 aromatic carbocycles. The Morgan fingerprint density at radius 2 is 1.61 bits per heavy atom. The molecule has 102 valence electrons. The first-order valence-corrected chi connectivity index (χ1v) is 8.58. The minimum Gasteiger partial charge on any atom is -0.195 e. The fraction of sp³-hybridized carbons (Fsp3) is 0.688. The molecule has 0 atom stereocenters. The van der Waals surface area contributed by atoms with E-state index in [1.807, 2.05) is 11.8 Å². The van der Waals surface area contributed by atoms with Crippen LogP contribution in [0.3, 0.4) is 0 Å². The van der Waals surface area contributed by atoms with E-state index in [0.29, 0.717) is 0 Å². The minimum absolute atomic E-state index is 1.10. The van der Waals surface area contributed by atoms with E-state index in [1.54, 1.807) is 0 Å².